The van der Waals surface area contributed by atoms with Gasteiger partial charge in [0.2, 0.25) is 0 Å². The Morgan fingerprint density at radius 2 is 1.25 bits per heavy atom. The second-order valence-corrected chi connectivity index (χ2v) is 8.48. The Labute approximate surface area is 120 Å². The maximum absolute atomic E-state index is 13.5. The van der Waals surface area contributed by atoms with Crippen molar-refractivity contribution in [3.63, 3.8) is 0 Å². The van der Waals surface area contributed by atoms with Crippen LogP contribution in [-0.2, 0) is 4.57 Å². The van der Waals surface area contributed by atoms with Crippen molar-refractivity contribution in [3.8, 4) is 0 Å². The Hall–Kier alpha value is -1.37. The zero-order valence-electron chi connectivity index (χ0n) is 11.7. The summed E-state index contributed by atoms with van der Waals surface area (Å²) in [5, 5.41) is 3.19. The number of benzene rings is 2. The zero-order valence-corrected chi connectivity index (χ0v) is 12.6. The smallest absolute Gasteiger partial charge is 0.161 e. The minimum absolute atomic E-state index is 0.138. The predicted molar refractivity (Wildman–Crippen MR) is 84.3 cm³/mol. The highest BCUT2D eigenvalue weighted by atomic mass is 31.2. The minimum atomic E-state index is -2.47. The summed E-state index contributed by atoms with van der Waals surface area (Å²) in [5.74, 6) is 0. The van der Waals surface area contributed by atoms with Crippen LogP contribution >= 0.6 is 7.29 Å². The topological polar surface area (TPSA) is 29.1 Å². The summed E-state index contributed by atoms with van der Waals surface area (Å²) < 4.78 is 13.5. The number of hydrogen-bond acceptors (Lipinski definition) is 1. The molecular weight excluding hydrogens is 265 g/mol. The highest BCUT2D eigenvalue weighted by molar-refractivity contribution is 7.62. The Kier molecular flexibility index (Phi) is 3.78. The molecule has 0 bridgehead atoms. The van der Waals surface area contributed by atoms with Crippen LogP contribution in [0, 0.1) is 0 Å². The summed E-state index contributed by atoms with van der Waals surface area (Å²) in [6.45, 7) is 0. The molecule has 0 aliphatic carbocycles. The van der Waals surface area contributed by atoms with Crippen molar-refractivity contribution in [2.75, 3.05) is 7.05 Å². The van der Waals surface area contributed by atoms with Gasteiger partial charge in [0.1, 0.15) is 0 Å². The first-order valence-electron chi connectivity index (χ1n) is 7.14. The Morgan fingerprint density at radius 1 is 0.850 bits per heavy atom. The highest BCUT2D eigenvalue weighted by Crippen LogP contribution is 2.73. The van der Waals surface area contributed by atoms with Crippen molar-refractivity contribution in [2.45, 2.75) is 24.2 Å². The quantitative estimate of drug-likeness (QED) is 0.824. The van der Waals surface area contributed by atoms with Gasteiger partial charge in [-0.25, -0.2) is 0 Å². The molecule has 3 rings (SSSR count). The summed E-state index contributed by atoms with van der Waals surface area (Å²) in [7, 11) is -0.620. The summed E-state index contributed by atoms with van der Waals surface area (Å²) in [5.41, 5.74) is 2.67. The molecule has 1 N–H and O–H groups in total. The molecule has 2 aromatic rings. The molecule has 0 unspecified atom stereocenters. The van der Waals surface area contributed by atoms with Crippen LogP contribution in [0.3, 0.4) is 0 Å². The van der Waals surface area contributed by atoms with Crippen LogP contribution in [-0.4, -0.2) is 7.05 Å². The molecule has 0 saturated carbocycles. The average Bonchev–Trinajstić information content (AvgIpc) is 2.87. The van der Waals surface area contributed by atoms with E-state index in [0.29, 0.717) is 0 Å². The molecule has 2 nitrogen and oxygen atoms in total. The predicted octanol–water partition coefficient (Wildman–Crippen LogP) is 4.76. The van der Waals surface area contributed by atoms with E-state index >= 15 is 0 Å². The van der Waals surface area contributed by atoms with E-state index < -0.39 is 7.29 Å². The van der Waals surface area contributed by atoms with Crippen molar-refractivity contribution in [2.24, 2.45) is 0 Å². The van der Waals surface area contributed by atoms with E-state index in [2.05, 4.69) is 29.4 Å². The van der Waals surface area contributed by atoms with Gasteiger partial charge in [0.25, 0.3) is 0 Å². The minimum Gasteiger partial charge on any atom is -0.305 e. The lowest BCUT2D eigenvalue weighted by Crippen LogP contribution is -2.11. The monoisotopic (exact) mass is 285 g/mol. The summed E-state index contributed by atoms with van der Waals surface area (Å²) in [6.07, 6.45) is 1.98. The molecule has 1 aliphatic heterocycles. The fraction of sp³-hybridized carbons (Fsp3) is 0.294. The van der Waals surface area contributed by atoms with Crippen LogP contribution < -0.4 is 5.09 Å². The average molecular weight is 285 g/mol. The first-order chi connectivity index (χ1) is 9.75. The fourth-order valence-electron chi connectivity index (χ4n) is 3.35. The zero-order chi connectivity index (χ0) is 14.0. The lowest BCUT2D eigenvalue weighted by molar-refractivity contribution is 0.560. The van der Waals surface area contributed by atoms with Crippen LogP contribution in [0.25, 0.3) is 0 Å². The molecule has 1 saturated heterocycles. The maximum Gasteiger partial charge on any atom is 0.161 e. The fourth-order valence-corrected chi connectivity index (χ4v) is 6.71. The van der Waals surface area contributed by atoms with Crippen LogP contribution in [0.1, 0.15) is 35.3 Å². The first-order valence-corrected chi connectivity index (χ1v) is 8.98. The van der Waals surface area contributed by atoms with E-state index in [1.54, 1.807) is 0 Å². The standard InChI is InChI=1S/C17H20NOP/c1-18-20(19)16(14-8-4-2-5-9-14)12-13-17(20)15-10-6-3-7-11-15/h2-11,16-17H,12-13H2,1H3,(H,18,19)/t16-,17-/m0/s1. The molecule has 0 aromatic heterocycles. The van der Waals surface area contributed by atoms with Gasteiger partial charge < -0.3 is 4.57 Å². The van der Waals surface area contributed by atoms with E-state index in [9.17, 15) is 4.57 Å². The maximum atomic E-state index is 13.5. The molecule has 0 radical (unpaired) electrons. The van der Waals surface area contributed by atoms with Crippen LogP contribution in [0.2, 0.25) is 0 Å². The van der Waals surface area contributed by atoms with Gasteiger partial charge >= 0.3 is 0 Å². The third-order valence-electron chi connectivity index (χ3n) is 4.36. The molecule has 2 atom stereocenters. The Bertz CT molecular complexity index is 560. The highest BCUT2D eigenvalue weighted by Gasteiger charge is 2.46. The number of rotatable bonds is 3. The largest absolute Gasteiger partial charge is 0.305 e. The van der Waals surface area contributed by atoms with Crippen molar-refractivity contribution >= 4 is 7.29 Å². The molecule has 1 fully saturated rings. The van der Waals surface area contributed by atoms with Crippen LogP contribution in [0.4, 0.5) is 0 Å². The Morgan fingerprint density at radius 3 is 1.60 bits per heavy atom. The van der Waals surface area contributed by atoms with Gasteiger partial charge in [0.05, 0.1) is 11.3 Å². The molecule has 1 heterocycles. The van der Waals surface area contributed by atoms with E-state index in [0.717, 1.165) is 12.8 Å². The lowest BCUT2D eigenvalue weighted by Gasteiger charge is -2.26. The molecule has 0 amide bonds. The van der Waals surface area contributed by atoms with Gasteiger partial charge in [-0.05, 0) is 31.0 Å². The van der Waals surface area contributed by atoms with Crippen LogP contribution in [0.5, 0.6) is 0 Å². The SMILES string of the molecule is CNP1(=O)[C@H](c2ccccc2)CC[C@H]1c1ccccc1. The van der Waals surface area contributed by atoms with Gasteiger partial charge in [-0.2, -0.15) is 0 Å². The van der Waals surface area contributed by atoms with E-state index in [1.807, 2.05) is 43.4 Å². The third kappa shape index (κ3) is 2.24. The van der Waals surface area contributed by atoms with Crippen molar-refractivity contribution in [1.82, 2.24) is 5.09 Å². The van der Waals surface area contributed by atoms with Gasteiger partial charge in [-0.3, -0.25) is 5.09 Å². The van der Waals surface area contributed by atoms with E-state index in [4.69, 9.17) is 0 Å². The first kappa shape index (κ1) is 13.6. The number of nitrogens with one attached hydrogen (secondary N) is 1. The van der Waals surface area contributed by atoms with E-state index in [-0.39, 0.29) is 11.3 Å². The normalized spacial score (nSPS) is 24.6. The van der Waals surface area contributed by atoms with Gasteiger partial charge in [0, 0.05) is 0 Å². The molecule has 20 heavy (non-hydrogen) atoms. The summed E-state index contributed by atoms with van der Waals surface area (Å²) in [4.78, 5) is 0. The van der Waals surface area contributed by atoms with Crippen molar-refractivity contribution in [1.29, 1.82) is 0 Å². The summed E-state index contributed by atoms with van der Waals surface area (Å²) in [6, 6.07) is 20.6. The van der Waals surface area contributed by atoms with E-state index in [1.165, 1.54) is 11.1 Å². The molecule has 2 aromatic carbocycles. The number of hydrogen-bond donors (Lipinski definition) is 1. The van der Waals surface area contributed by atoms with Gasteiger partial charge in [-0.1, -0.05) is 60.7 Å². The second kappa shape index (κ2) is 5.55. The molecule has 3 heteroatoms. The molecular formula is C17H20NOP. The van der Waals surface area contributed by atoms with Crippen molar-refractivity contribution < 1.29 is 4.57 Å². The van der Waals surface area contributed by atoms with Gasteiger partial charge in [0.15, 0.2) is 7.29 Å². The molecule has 1 aliphatic rings. The molecule has 104 valence electrons. The summed E-state index contributed by atoms with van der Waals surface area (Å²) >= 11 is 0. The van der Waals surface area contributed by atoms with Gasteiger partial charge in [-0.15, -0.1) is 0 Å². The molecule has 0 spiro atoms. The van der Waals surface area contributed by atoms with Crippen LogP contribution in [0.15, 0.2) is 60.7 Å². The van der Waals surface area contributed by atoms with Crippen molar-refractivity contribution in [3.05, 3.63) is 71.8 Å². The Balaban J connectivity index is 1.99. The second-order valence-electron chi connectivity index (χ2n) is 5.36. The lowest BCUT2D eigenvalue weighted by atomic mass is 10.0. The third-order valence-corrected chi connectivity index (χ3v) is 8.02.